The van der Waals surface area contributed by atoms with Crippen molar-refractivity contribution < 1.29 is 14.6 Å². The molecule has 2 aliphatic rings. The van der Waals surface area contributed by atoms with E-state index < -0.39 is 0 Å². The standard InChI is InChI=1S/C16H24N4O3/c21-11-12-2-1-3-14(8-12)19-15(22)13-9-17-16(18-10-13)20-4-6-23-7-5-20/h9-10,12,14,21H,1-8,11H2,(H,19,22)/t12-,14-/m1/s1. The maximum Gasteiger partial charge on any atom is 0.254 e. The molecule has 23 heavy (non-hydrogen) atoms. The smallest absolute Gasteiger partial charge is 0.254 e. The summed E-state index contributed by atoms with van der Waals surface area (Å²) in [5.41, 5.74) is 0.480. The Kier molecular flexibility index (Phi) is 5.40. The molecule has 1 saturated carbocycles. The van der Waals surface area contributed by atoms with Crippen molar-refractivity contribution in [2.24, 2.45) is 5.92 Å². The van der Waals surface area contributed by atoms with Crippen LogP contribution in [0.25, 0.3) is 0 Å². The van der Waals surface area contributed by atoms with Crippen molar-refractivity contribution in [2.45, 2.75) is 31.7 Å². The minimum atomic E-state index is -0.137. The van der Waals surface area contributed by atoms with E-state index in [2.05, 4.69) is 20.2 Å². The van der Waals surface area contributed by atoms with Crippen LogP contribution in [0.15, 0.2) is 12.4 Å². The quantitative estimate of drug-likeness (QED) is 0.844. The number of ether oxygens (including phenoxy) is 1. The first-order chi connectivity index (χ1) is 11.3. The van der Waals surface area contributed by atoms with Crippen LogP contribution < -0.4 is 10.2 Å². The fourth-order valence-electron chi connectivity index (χ4n) is 3.22. The fourth-order valence-corrected chi connectivity index (χ4v) is 3.22. The van der Waals surface area contributed by atoms with Gasteiger partial charge in [0.15, 0.2) is 0 Å². The summed E-state index contributed by atoms with van der Waals surface area (Å²) in [6.07, 6.45) is 7.06. The molecular weight excluding hydrogens is 296 g/mol. The topological polar surface area (TPSA) is 87.6 Å². The van der Waals surface area contributed by atoms with Crippen LogP contribution >= 0.6 is 0 Å². The molecule has 126 valence electrons. The average Bonchev–Trinajstić information content (AvgIpc) is 2.63. The number of anilines is 1. The molecule has 3 rings (SSSR count). The van der Waals surface area contributed by atoms with Gasteiger partial charge in [-0.25, -0.2) is 9.97 Å². The molecule has 0 radical (unpaired) electrons. The molecule has 2 heterocycles. The number of carbonyl (C=O) groups is 1. The second-order valence-electron chi connectivity index (χ2n) is 6.26. The van der Waals surface area contributed by atoms with Crippen LogP contribution in [0.3, 0.4) is 0 Å². The fraction of sp³-hybridized carbons (Fsp3) is 0.688. The van der Waals surface area contributed by atoms with Gasteiger partial charge in [-0.15, -0.1) is 0 Å². The lowest BCUT2D eigenvalue weighted by Crippen LogP contribution is -2.39. The number of nitrogens with one attached hydrogen (secondary N) is 1. The van der Waals surface area contributed by atoms with Gasteiger partial charge in [-0.1, -0.05) is 6.42 Å². The molecule has 2 N–H and O–H groups in total. The number of morpholine rings is 1. The number of aliphatic hydroxyl groups excluding tert-OH is 1. The van der Waals surface area contributed by atoms with Gasteiger partial charge in [0.05, 0.1) is 18.8 Å². The molecule has 0 spiro atoms. The molecule has 0 aromatic carbocycles. The van der Waals surface area contributed by atoms with Gasteiger partial charge in [-0.2, -0.15) is 0 Å². The summed E-state index contributed by atoms with van der Waals surface area (Å²) in [7, 11) is 0. The molecule has 1 aromatic heterocycles. The summed E-state index contributed by atoms with van der Waals surface area (Å²) < 4.78 is 5.31. The first kappa shape index (κ1) is 16.1. The lowest BCUT2D eigenvalue weighted by atomic mass is 9.86. The van der Waals surface area contributed by atoms with Crippen molar-refractivity contribution in [3.63, 3.8) is 0 Å². The van der Waals surface area contributed by atoms with Gasteiger partial charge in [0.2, 0.25) is 5.95 Å². The molecule has 1 amide bonds. The second-order valence-corrected chi connectivity index (χ2v) is 6.26. The van der Waals surface area contributed by atoms with E-state index in [-0.39, 0.29) is 18.6 Å². The van der Waals surface area contributed by atoms with Crippen LogP contribution in [0.5, 0.6) is 0 Å². The Balaban J connectivity index is 1.57. The molecule has 1 aliphatic heterocycles. The van der Waals surface area contributed by atoms with Gasteiger partial charge in [0.1, 0.15) is 0 Å². The molecule has 0 unspecified atom stereocenters. The van der Waals surface area contributed by atoms with Gasteiger partial charge in [-0.05, 0) is 25.2 Å². The van der Waals surface area contributed by atoms with Crippen molar-refractivity contribution in [1.29, 1.82) is 0 Å². The highest BCUT2D eigenvalue weighted by Gasteiger charge is 2.23. The van der Waals surface area contributed by atoms with E-state index in [0.29, 0.717) is 30.6 Å². The minimum Gasteiger partial charge on any atom is -0.396 e. The molecule has 7 heteroatoms. The van der Waals surface area contributed by atoms with Gasteiger partial charge in [0, 0.05) is 38.1 Å². The third-order valence-corrected chi connectivity index (χ3v) is 4.57. The minimum absolute atomic E-state index is 0.132. The Bertz CT molecular complexity index is 517. The number of aromatic nitrogens is 2. The summed E-state index contributed by atoms with van der Waals surface area (Å²) in [4.78, 5) is 23.0. The van der Waals surface area contributed by atoms with Gasteiger partial charge < -0.3 is 20.1 Å². The Morgan fingerprint density at radius 1 is 1.30 bits per heavy atom. The molecule has 2 fully saturated rings. The number of hydrogen-bond acceptors (Lipinski definition) is 6. The summed E-state index contributed by atoms with van der Waals surface area (Å²) in [5, 5.41) is 12.3. The Labute approximate surface area is 136 Å². The van der Waals surface area contributed by atoms with Crippen LogP contribution in [-0.4, -0.2) is 59.9 Å². The number of hydrogen-bond donors (Lipinski definition) is 2. The van der Waals surface area contributed by atoms with Gasteiger partial charge >= 0.3 is 0 Å². The molecule has 1 aromatic rings. The third-order valence-electron chi connectivity index (χ3n) is 4.57. The van der Waals surface area contributed by atoms with E-state index >= 15 is 0 Å². The van der Waals surface area contributed by atoms with E-state index in [1.807, 2.05) is 0 Å². The molecule has 0 bridgehead atoms. The predicted octanol–water partition coefficient (Wildman–Crippen LogP) is 0.594. The molecule has 1 aliphatic carbocycles. The molecule has 2 atom stereocenters. The molecule has 1 saturated heterocycles. The molecule has 7 nitrogen and oxygen atoms in total. The van der Waals surface area contributed by atoms with E-state index in [1.165, 1.54) is 0 Å². The summed E-state index contributed by atoms with van der Waals surface area (Å²) in [6, 6.07) is 0.132. The van der Waals surface area contributed by atoms with E-state index in [1.54, 1.807) is 12.4 Å². The number of amides is 1. The summed E-state index contributed by atoms with van der Waals surface area (Å²) in [6.45, 7) is 3.11. The van der Waals surface area contributed by atoms with Crippen molar-refractivity contribution in [2.75, 3.05) is 37.8 Å². The highest BCUT2D eigenvalue weighted by molar-refractivity contribution is 5.93. The van der Waals surface area contributed by atoms with E-state index in [0.717, 1.165) is 38.8 Å². The maximum atomic E-state index is 12.3. The number of rotatable bonds is 4. The Morgan fingerprint density at radius 3 is 2.74 bits per heavy atom. The van der Waals surface area contributed by atoms with Crippen LogP contribution in [0, 0.1) is 5.92 Å². The van der Waals surface area contributed by atoms with E-state index in [4.69, 9.17) is 4.74 Å². The van der Waals surface area contributed by atoms with Crippen molar-refractivity contribution in [3.05, 3.63) is 18.0 Å². The first-order valence-corrected chi connectivity index (χ1v) is 8.32. The lowest BCUT2D eigenvalue weighted by molar-refractivity contribution is 0.0905. The van der Waals surface area contributed by atoms with Crippen molar-refractivity contribution >= 4 is 11.9 Å². The lowest BCUT2D eigenvalue weighted by Gasteiger charge is -2.28. The van der Waals surface area contributed by atoms with E-state index in [9.17, 15) is 9.90 Å². The third kappa shape index (κ3) is 4.17. The zero-order valence-corrected chi connectivity index (χ0v) is 13.3. The first-order valence-electron chi connectivity index (χ1n) is 8.32. The van der Waals surface area contributed by atoms with Crippen molar-refractivity contribution in [3.8, 4) is 0 Å². The van der Waals surface area contributed by atoms with Crippen LogP contribution in [0.1, 0.15) is 36.0 Å². The van der Waals surface area contributed by atoms with Gasteiger partial charge in [0.25, 0.3) is 5.91 Å². The monoisotopic (exact) mass is 320 g/mol. The Morgan fingerprint density at radius 2 is 2.04 bits per heavy atom. The number of nitrogens with zero attached hydrogens (tertiary/aromatic N) is 3. The van der Waals surface area contributed by atoms with Crippen LogP contribution in [0.2, 0.25) is 0 Å². The zero-order chi connectivity index (χ0) is 16.1. The van der Waals surface area contributed by atoms with Crippen LogP contribution in [-0.2, 0) is 4.74 Å². The van der Waals surface area contributed by atoms with Gasteiger partial charge in [-0.3, -0.25) is 4.79 Å². The second kappa shape index (κ2) is 7.70. The number of carbonyl (C=O) groups excluding carboxylic acids is 1. The summed E-state index contributed by atoms with van der Waals surface area (Å²) >= 11 is 0. The average molecular weight is 320 g/mol. The SMILES string of the molecule is O=C(N[C@@H]1CCC[C@@H](CO)C1)c1cnc(N2CCOCC2)nc1. The number of aliphatic hydroxyl groups is 1. The van der Waals surface area contributed by atoms with Crippen molar-refractivity contribution in [1.82, 2.24) is 15.3 Å². The molecular formula is C16H24N4O3. The largest absolute Gasteiger partial charge is 0.396 e. The maximum absolute atomic E-state index is 12.3. The predicted molar refractivity (Wildman–Crippen MR) is 85.4 cm³/mol. The zero-order valence-electron chi connectivity index (χ0n) is 13.3. The van der Waals surface area contributed by atoms with Crippen LogP contribution in [0.4, 0.5) is 5.95 Å². The highest BCUT2D eigenvalue weighted by atomic mass is 16.5. The normalized spacial score (nSPS) is 25.2. The summed E-state index contributed by atoms with van der Waals surface area (Å²) in [5.74, 6) is 0.805. The Hall–Kier alpha value is -1.73. The highest BCUT2D eigenvalue weighted by Crippen LogP contribution is 2.24.